The molecule has 4 aromatic rings. The first-order valence-corrected chi connectivity index (χ1v) is 10.3. The molecule has 0 unspecified atom stereocenters. The van der Waals surface area contributed by atoms with E-state index in [4.69, 9.17) is 0 Å². The highest BCUT2D eigenvalue weighted by molar-refractivity contribution is 6.05. The number of amides is 1. The van der Waals surface area contributed by atoms with Crippen molar-refractivity contribution in [3.8, 4) is 17.1 Å². The summed E-state index contributed by atoms with van der Waals surface area (Å²) in [6, 6.07) is 13.5. The Kier molecular flexibility index (Phi) is 5.82. The van der Waals surface area contributed by atoms with Gasteiger partial charge in [0.1, 0.15) is 5.82 Å². The number of hydrogen-bond donors (Lipinski definition) is 2. The number of aromatic amines is 1. The minimum atomic E-state index is -4.70. The van der Waals surface area contributed by atoms with Crippen LogP contribution in [0, 0.1) is 20.8 Å². The summed E-state index contributed by atoms with van der Waals surface area (Å²) in [5.74, 6) is -0.829. The molecule has 174 valence electrons. The van der Waals surface area contributed by atoms with Gasteiger partial charge in [-0.15, -0.1) is 0 Å². The summed E-state index contributed by atoms with van der Waals surface area (Å²) in [6.07, 6.45) is -4.70. The molecule has 2 aromatic carbocycles. The van der Waals surface area contributed by atoms with Crippen LogP contribution in [-0.4, -0.2) is 25.7 Å². The number of aryl methyl sites for hydroxylation is 2. The molecule has 2 aromatic heterocycles. The minimum absolute atomic E-state index is 0.0257. The van der Waals surface area contributed by atoms with Crippen LogP contribution in [0.3, 0.4) is 0 Å². The van der Waals surface area contributed by atoms with Crippen molar-refractivity contribution in [2.24, 2.45) is 0 Å². The monoisotopic (exact) mass is 467 g/mol. The van der Waals surface area contributed by atoms with Crippen LogP contribution in [0.25, 0.3) is 17.1 Å². The summed E-state index contributed by atoms with van der Waals surface area (Å²) in [5, 5.41) is 6.84. The van der Waals surface area contributed by atoms with Crippen LogP contribution < -0.4 is 10.9 Å². The predicted molar refractivity (Wildman–Crippen MR) is 121 cm³/mol. The second-order valence-corrected chi connectivity index (χ2v) is 7.68. The Morgan fingerprint density at radius 3 is 2.26 bits per heavy atom. The second kappa shape index (κ2) is 8.62. The summed E-state index contributed by atoms with van der Waals surface area (Å²) in [6.45, 7) is 5.00. The van der Waals surface area contributed by atoms with E-state index < -0.39 is 28.8 Å². The molecule has 0 aliphatic rings. The number of nitrogens with one attached hydrogen (secondary N) is 2. The number of anilines is 1. The molecule has 10 heteroatoms. The Hall–Kier alpha value is -4.21. The van der Waals surface area contributed by atoms with Gasteiger partial charge in [-0.2, -0.15) is 23.0 Å². The number of nitrogens with zero attached hydrogens (tertiary/aromatic N) is 3. The quantitative estimate of drug-likeness (QED) is 0.450. The molecule has 0 radical (unpaired) electrons. The molecule has 0 atom stereocenters. The fourth-order valence-corrected chi connectivity index (χ4v) is 3.62. The van der Waals surface area contributed by atoms with Crippen LogP contribution in [0.4, 0.5) is 19.0 Å². The maximum absolute atomic E-state index is 13.4. The third-order valence-corrected chi connectivity index (χ3v) is 5.42. The van der Waals surface area contributed by atoms with Gasteiger partial charge in [0, 0.05) is 5.56 Å². The van der Waals surface area contributed by atoms with Crippen molar-refractivity contribution in [1.82, 2.24) is 19.7 Å². The molecule has 4 rings (SSSR count). The van der Waals surface area contributed by atoms with Gasteiger partial charge in [-0.05, 0) is 38.5 Å². The van der Waals surface area contributed by atoms with Gasteiger partial charge in [-0.25, -0.2) is 4.98 Å². The van der Waals surface area contributed by atoms with Crippen molar-refractivity contribution in [1.29, 1.82) is 0 Å². The molecule has 0 fully saturated rings. The number of halogens is 3. The zero-order chi connectivity index (χ0) is 24.6. The van der Waals surface area contributed by atoms with Gasteiger partial charge in [0.2, 0.25) is 5.95 Å². The van der Waals surface area contributed by atoms with E-state index >= 15 is 0 Å². The molecular weight excluding hydrogens is 447 g/mol. The lowest BCUT2D eigenvalue weighted by atomic mass is 10.1. The number of hydrogen-bond acceptors (Lipinski definition) is 4. The van der Waals surface area contributed by atoms with Gasteiger partial charge in [0.05, 0.1) is 28.1 Å². The average molecular weight is 467 g/mol. The Labute approximate surface area is 192 Å². The summed E-state index contributed by atoms with van der Waals surface area (Å²) in [4.78, 5) is 32.9. The van der Waals surface area contributed by atoms with Crippen molar-refractivity contribution in [2.75, 3.05) is 5.32 Å². The molecule has 2 heterocycles. The topological polar surface area (TPSA) is 92.7 Å². The number of alkyl halides is 3. The lowest BCUT2D eigenvalue weighted by Gasteiger charge is -2.14. The molecule has 0 bridgehead atoms. The van der Waals surface area contributed by atoms with Crippen molar-refractivity contribution in [2.45, 2.75) is 26.9 Å². The maximum Gasteiger partial charge on any atom is 0.417 e. The van der Waals surface area contributed by atoms with E-state index in [-0.39, 0.29) is 11.8 Å². The summed E-state index contributed by atoms with van der Waals surface area (Å²) >= 11 is 0. The lowest BCUT2D eigenvalue weighted by Crippen LogP contribution is -2.22. The number of carbonyl (C=O) groups is 1. The minimum Gasteiger partial charge on any atom is -0.306 e. The van der Waals surface area contributed by atoms with E-state index in [9.17, 15) is 22.8 Å². The number of aromatic nitrogens is 4. The molecule has 2 N–H and O–H groups in total. The van der Waals surface area contributed by atoms with E-state index in [0.29, 0.717) is 28.1 Å². The number of carbonyl (C=O) groups excluding carboxylic acids is 1. The van der Waals surface area contributed by atoms with E-state index in [1.54, 1.807) is 45.0 Å². The Bertz CT molecular complexity index is 1440. The fraction of sp³-hybridized carbons (Fsp3) is 0.167. The van der Waals surface area contributed by atoms with Crippen molar-refractivity contribution in [3.63, 3.8) is 0 Å². The molecule has 7 nitrogen and oxygen atoms in total. The van der Waals surface area contributed by atoms with Gasteiger partial charge in [0.15, 0.2) is 0 Å². The van der Waals surface area contributed by atoms with Gasteiger partial charge in [-0.3, -0.25) is 14.6 Å². The van der Waals surface area contributed by atoms with Crippen LogP contribution in [0.15, 0.2) is 59.4 Å². The molecule has 0 aliphatic carbocycles. The standard InChI is InChI=1S/C24H20F3N5O2/c1-13-14(2)31-32(20(13)29-21(33)17-11-7-8-12-18(17)24(25,26)27)23-28-15(3)19(22(34)30-23)16-9-5-4-6-10-16/h4-12H,1-3H3,(H,29,33)(H,28,30,34). The Balaban J connectivity index is 1.78. The maximum atomic E-state index is 13.4. The average Bonchev–Trinajstić information content (AvgIpc) is 3.07. The van der Waals surface area contributed by atoms with Crippen molar-refractivity contribution < 1.29 is 18.0 Å². The van der Waals surface area contributed by atoms with Crippen molar-refractivity contribution >= 4 is 11.7 Å². The molecule has 34 heavy (non-hydrogen) atoms. The molecule has 1 amide bonds. The van der Waals surface area contributed by atoms with Gasteiger partial charge in [0.25, 0.3) is 11.5 Å². The first-order chi connectivity index (χ1) is 16.1. The lowest BCUT2D eigenvalue weighted by molar-refractivity contribution is -0.137. The Morgan fingerprint density at radius 1 is 0.971 bits per heavy atom. The van der Waals surface area contributed by atoms with E-state index in [1.165, 1.54) is 16.8 Å². The third kappa shape index (κ3) is 4.21. The molecule has 0 saturated carbocycles. The normalized spacial score (nSPS) is 11.5. The molecule has 0 aliphatic heterocycles. The van der Waals surface area contributed by atoms with Crippen LogP contribution in [0.2, 0.25) is 0 Å². The SMILES string of the molecule is Cc1nn(-c2nc(C)c(-c3ccccc3)c(=O)[nH]2)c(NC(=O)c2ccccc2C(F)(F)F)c1C. The summed E-state index contributed by atoms with van der Waals surface area (Å²) < 4.78 is 41.4. The highest BCUT2D eigenvalue weighted by Crippen LogP contribution is 2.32. The number of benzene rings is 2. The van der Waals surface area contributed by atoms with Crippen LogP contribution >= 0.6 is 0 Å². The third-order valence-electron chi connectivity index (χ3n) is 5.42. The van der Waals surface area contributed by atoms with Crippen LogP contribution in [-0.2, 0) is 6.18 Å². The first kappa shape index (κ1) is 23.0. The molecular formula is C24H20F3N5O2. The van der Waals surface area contributed by atoms with Crippen molar-refractivity contribution in [3.05, 3.63) is 93.0 Å². The van der Waals surface area contributed by atoms with Gasteiger partial charge >= 0.3 is 6.18 Å². The van der Waals surface area contributed by atoms with E-state index in [1.807, 2.05) is 6.07 Å². The molecule has 0 saturated heterocycles. The summed E-state index contributed by atoms with van der Waals surface area (Å²) in [5.41, 5.74) is 0.520. The highest BCUT2D eigenvalue weighted by Gasteiger charge is 2.35. The summed E-state index contributed by atoms with van der Waals surface area (Å²) in [7, 11) is 0. The second-order valence-electron chi connectivity index (χ2n) is 7.68. The smallest absolute Gasteiger partial charge is 0.306 e. The Morgan fingerprint density at radius 2 is 1.62 bits per heavy atom. The zero-order valence-corrected chi connectivity index (χ0v) is 18.5. The fourth-order valence-electron chi connectivity index (χ4n) is 3.62. The van der Waals surface area contributed by atoms with Gasteiger partial charge in [-0.1, -0.05) is 42.5 Å². The highest BCUT2D eigenvalue weighted by atomic mass is 19.4. The zero-order valence-electron chi connectivity index (χ0n) is 18.5. The van der Waals surface area contributed by atoms with E-state index in [2.05, 4.69) is 20.4 Å². The van der Waals surface area contributed by atoms with Crippen LogP contribution in [0.1, 0.15) is 32.9 Å². The largest absolute Gasteiger partial charge is 0.417 e. The molecule has 0 spiro atoms. The number of H-pyrrole nitrogens is 1. The first-order valence-electron chi connectivity index (χ1n) is 10.3. The predicted octanol–water partition coefficient (Wildman–Crippen LogP) is 4.82. The van der Waals surface area contributed by atoms with Crippen LogP contribution in [0.5, 0.6) is 0 Å². The van der Waals surface area contributed by atoms with Gasteiger partial charge < -0.3 is 5.32 Å². The van der Waals surface area contributed by atoms with E-state index in [0.717, 1.165) is 12.1 Å². The number of rotatable bonds is 4.